The van der Waals surface area contributed by atoms with Gasteiger partial charge in [0.2, 0.25) is 5.91 Å². The van der Waals surface area contributed by atoms with E-state index in [1.54, 1.807) is 4.90 Å². The highest BCUT2D eigenvalue weighted by Gasteiger charge is 2.35. The summed E-state index contributed by atoms with van der Waals surface area (Å²) in [7, 11) is 0. The smallest absolute Gasteiger partial charge is 0.306 e. The van der Waals surface area contributed by atoms with Crippen LogP contribution in [0.25, 0.3) is 0 Å². The third kappa shape index (κ3) is 3.00. The molecule has 6 heteroatoms. The monoisotopic (exact) mass is 256 g/mol. The minimum Gasteiger partial charge on any atom is -0.481 e. The molecule has 0 aromatic rings. The zero-order valence-corrected chi connectivity index (χ0v) is 10.6. The van der Waals surface area contributed by atoms with Crippen molar-refractivity contribution in [3.63, 3.8) is 0 Å². The Balaban J connectivity index is 1.91. The topological polar surface area (TPSA) is 78.9 Å². The van der Waals surface area contributed by atoms with Crippen molar-refractivity contribution in [2.24, 2.45) is 5.92 Å². The first kappa shape index (κ1) is 13.3. The fraction of sp³-hybridized carbons (Fsp3) is 0.833. The molecule has 0 aliphatic carbocycles. The Hall–Kier alpha value is -1.14. The summed E-state index contributed by atoms with van der Waals surface area (Å²) in [6.45, 7) is 4.29. The van der Waals surface area contributed by atoms with Crippen LogP contribution in [0.5, 0.6) is 0 Å². The van der Waals surface area contributed by atoms with Gasteiger partial charge in [-0.1, -0.05) is 0 Å². The predicted molar refractivity (Wildman–Crippen MR) is 64.1 cm³/mol. The summed E-state index contributed by atoms with van der Waals surface area (Å²) in [5.74, 6) is -0.732. The third-order valence-electron chi connectivity index (χ3n) is 3.70. The standard InChI is InChI=1S/C12H20N2O4/c1-8-10(2-3-13-8)12(17)14-4-5-18-9(7-14)6-11(15)16/h8-10,13H,2-7H2,1H3,(H,15,16). The number of nitrogens with zero attached hydrogens (tertiary/aromatic N) is 1. The number of carboxylic acid groups (broad SMARTS) is 1. The van der Waals surface area contributed by atoms with Crippen molar-refractivity contribution in [2.75, 3.05) is 26.2 Å². The van der Waals surface area contributed by atoms with E-state index in [0.29, 0.717) is 19.7 Å². The summed E-state index contributed by atoms with van der Waals surface area (Å²) in [6.07, 6.45) is 0.452. The lowest BCUT2D eigenvalue weighted by molar-refractivity contribution is -0.149. The fourth-order valence-electron chi connectivity index (χ4n) is 2.67. The summed E-state index contributed by atoms with van der Waals surface area (Å²) in [5, 5.41) is 12.0. The second-order valence-electron chi connectivity index (χ2n) is 5.01. The Labute approximate surface area is 106 Å². The van der Waals surface area contributed by atoms with Crippen molar-refractivity contribution in [2.45, 2.75) is 31.9 Å². The maximum Gasteiger partial charge on any atom is 0.306 e. The maximum atomic E-state index is 12.3. The van der Waals surface area contributed by atoms with Gasteiger partial charge < -0.3 is 20.1 Å². The van der Waals surface area contributed by atoms with Crippen molar-refractivity contribution >= 4 is 11.9 Å². The van der Waals surface area contributed by atoms with E-state index < -0.39 is 5.97 Å². The van der Waals surface area contributed by atoms with E-state index in [4.69, 9.17) is 9.84 Å². The number of rotatable bonds is 3. The van der Waals surface area contributed by atoms with Crippen LogP contribution in [0, 0.1) is 5.92 Å². The fourth-order valence-corrected chi connectivity index (χ4v) is 2.67. The van der Waals surface area contributed by atoms with Gasteiger partial charge in [0.25, 0.3) is 0 Å². The van der Waals surface area contributed by atoms with Crippen LogP contribution in [-0.2, 0) is 14.3 Å². The quantitative estimate of drug-likeness (QED) is 0.724. The van der Waals surface area contributed by atoms with E-state index in [2.05, 4.69) is 5.32 Å². The first-order chi connectivity index (χ1) is 8.58. The zero-order chi connectivity index (χ0) is 13.1. The molecule has 2 fully saturated rings. The Kier molecular flexibility index (Phi) is 4.19. The van der Waals surface area contributed by atoms with E-state index in [9.17, 15) is 9.59 Å². The number of hydrogen-bond donors (Lipinski definition) is 2. The number of hydrogen-bond acceptors (Lipinski definition) is 4. The first-order valence-electron chi connectivity index (χ1n) is 6.43. The molecule has 0 aromatic carbocycles. The number of carbonyl (C=O) groups excluding carboxylic acids is 1. The van der Waals surface area contributed by atoms with E-state index in [1.807, 2.05) is 6.92 Å². The summed E-state index contributed by atoms with van der Waals surface area (Å²) in [6, 6.07) is 0.207. The van der Waals surface area contributed by atoms with Crippen LogP contribution in [0.1, 0.15) is 19.8 Å². The summed E-state index contributed by atoms with van der Waals surface area (Å²) in [5.41, 5.74) is 0. The van der Waals surface area contributed by atoms with Crippen molar-refractivity contribution in [3.8, 4) is 0 Å². The molecule has 1 amide bonds. The Morgan fingerprint density at radius 2 is 2.28 bits per heavy atom. The van der Waals surface area contributed by atoms with E-state index in [1.165, 1.54) is 0 Å². The molecule has 0 saturated carbocycles. The van der Waals surface area contributed by atoms with Crippen LogP contribution in [0.15, 0.2) is 0 Å². The molecule has 18 heavy (non-hydrogen) atoms. The second-order valence-corrected chi connectivity index (χ2v) is 5.01. The molecule has 3 unspecified atom stereocenters. The van der Waals surface area contributed by atoms with Crippen molar-refractivity contribution in [1.29, 1.82) is 0 Å². The molecule has 3 atom stereocenters. The van der Waals surface area contributed by atoms with Gasteiger partial charge in [0, 0.05) is 19.1 Å². The van der Waals surface area contributed by atoms with Gasteiger partial charge >= 0.3 is 5.97 Å². The normalized spacial score (nSPS) is 32.5. The van der Waals surface area contributed by atoms with Crippen molar-refractivity contribution < 1.29 is 19.4 Å². The number of nitrogens with one attached hydrogen (secondary N) is 1. The third-order valence-corrected chi connectivity index (χ3v) is 3.70. The zero-order valence-electron chi connectivity index (χ0n) is 10.6. The highest BCUT2D eigenvalue weighted by Crippen LogP contribution is 2.20. The lowest BCUT2D eigenvalue weighted by Crippen LogP contribution is -2.49. The Bertz CT molecular complexity index is 334. The van der Waals surface area contributed by atoms with Gasteiger partial charge in [0.05, 0.1) is 25.0 Å². The average molecular weight is 256 g/mol. The number of morpholine rings is 1. The van der Waals surface area contributed by atoms with Gasteiger partial charge in [0.15, 0.2) is 0 Å². The number of aliphatic carboxylic acids is 1. The van der Waals surface area contributed by atoms with E-state index in [0.717, 1.165) is 13.0 Å². The summed E-state index contributed by atoms with van der Waals surface area (Å²) < 4.78 is 5.37. The number of carboxylic acids is 1. The molecule has 2 aliphatic heterocycles. The summed E-state index contributed by atoms with van der Waals surface area (Å²) in [4.78, 5) is 24.7. The molecule has 0 spiro atoms. The molecule has 2 rings (SSSR count). The Morgan fingerprint density at radius 3 is 2.89 bits per heavy atom. The first-order valence-corrected chi connectivity index (χ1v) is 6.43. The van der Waals surface area contributed by atoms with Gasteiger partial charge in [0.1, 0.15) is 0 Å². The SMILES string of the molecule is CC1NCCC1C(=O)N1CCOC(CC(=O)O)C1. The largest absolute Gasteiger partial charge is 0.481 e. The molecule has 6 nitrogen and oxygen atoms in total. The van der Waals surface area contributed by atoms with E-state index in [-0.39, 0.29) is 30.4 Å². The maximum absolute atomic E-state index is 12.3. The number of carbonyl (C=O) groups is 2. The van der Waals surface area contributed by atoms with Crippen LogP contribution in [0.2, 0.25) is 0 Å². The number of amides is 1. The Morgan fingerprint density at radius 1 is 1.50 bits per heavy atom. The van der Waals surface area contributed by atoms with Crippen molar-refractivity contribution in [1.82, 2.24) is 10.2 Å². The molecule has 0 aromatic heterocycles. The lowest BCUT2D eigenvalue weighted by Gasteiger charge is -2.34. The van der Waals surface area contributed by atoms with Crippen LogP contribution < -0.4 is 5.32 Å². The van der Waals surface area contributed by atoms with Gasteiger partial charge in [-0.05, 0) is 19.9 Å². The van der Waals surface area contributed by atoms with Crippen LogP contribution in [-0.4, -0.2) is 60.3 Å². The molecule has 2 saturated heterocycles. The highest BCUT2D eigenvalue weighted by molar-refractivity contribution is 5.80. The molecular formula is C12H20N2O4. The summed E-state index contributed by atoms with van der Waals surface area (Å²) >= 11 is 0. The average Bonchev–Trinajstić information content (AvgIpc) is 2.74. The van der Waals surface area contributed by atoms with Gasteiger partial charge in [-0.25, -0.2) is 0 Å². The molecular weight excluding hydrogens is 236 g/mol. The van der Waals surface area contributed by atoms with Gasteiger partial charge in [-0.3, -0.25) is 9.59 Å². The lowest BCUT2D eigenvalue weighted by atomic mass is 9.99. The van der Waals surface area contributed by atoms with Crippen LogP contribution >= 0.6 is 0 Å². The van der Waals surface area contributed by atoms with E-state index >= 15 is 0 Å². The molecule has 2 N–H and O–H groups in total. The van der Waals surface area contributed by atoms with Crippen LogP contribution in [0.3, 0.4) is 0 Å². The van der Waals surface area contributed by atoms with Crippen molar-refractivity contribution in [3.05, 3.63) is 0 Å². The predicted octanol–water partition coefficient (Wildman–Crippen LogP) is -0.313. The van der Waals surface area contributed by atoms with Gasteiger partial charge in [-0.15, -0.1) is 0 Å². The minimum atomic E-state index is -0.884. The van der Waals surface area contributed by atoms with Crippen LogP contribution in [0.4, 0.5) is 0 Å². The molecule has 0 bridgehead atoms. The highest BCUT2D eigenvalue weighted by atomic mass is 16.5. The number of ether oxygens (including phenoxy) is 1. The minimum absolute atomic E-state index is 0.0218. The molecule has 0 radical (unpaired) electrons. The molecule has 2 aliphatic rings. The molecule has 2 heterocycles. The molecule has 102 valence electrons. The second kappa shape index (κ2) is 5.67. The van der Waals surface area contributed by atoms with Gasteiger partial charge in [-0.2, -0.15) is 0 Å².